The Bertz CT molecular complexity index is 1560. The largest absolute Gasteiger partial charge is 0.386 e. The molecule has 560 valence electrons. The molecule has 21 fully saturated rings. The highest BCUT2D eigenvalue weighted by Crippen LogP contribution is 2.37. The number of hydrogen-bond donors (Lipinski definition) is 21. The van der Waals surface area contributed by atoms with Crippen LogP contribution < -0.4 is 80.3 Å². The Morgan fingerprint density at radius 3 is 0.341 bits per heavy atom. The normalized spacial score (nSPS) is 46.8. The van der Waals surface area contributed by atoms with Crippen molar-refractivity contribution in [3.05, 3.63) is 0 Å². The number of nitrogens with two attached hydrogens (primary N) is 14. The third-order valence-corrected chi connectivity index (χ3v) is 15.8. The van der Waals surface area contributed by atoms with Gasteiger partial charge in [-0.05, 0) is 0 Å². The Labute approximate surface area is 612 Å². The Morgan fingerprint density at radius 2 is 0.264 bits per heavy atom. The molecule has 21 aliphatic heterocycles. The van der Waals surface area contributed by atoms with E-state index >= 15 is 0 Å². The molecule has 0 spiro atoms. The van der Waals surface area contributed by atoms with Crippen molar-refractivity contribution in [3.8, 4) is 0 Å². The molecule has 0 amide bonds. The lowest BCUT2D eigenvalue weighted by Crippen LogP contribution is -2.71. The highest BCUT2D eigenvalue weighted by Gasteiger charge is 2.58. The molecule has 21 saturated heterocycles. The lowest BCUT2D eigenvalue weighted by atomic mass is 9.93. The lowest BCUT2D eigenvalue weighted by molar-refractivity contribution is -0.365. The van der Waals surface area contributed by atoms with Gasteiger partial charge in [0.1, 0.15) is 128 Å². The fourth-order valence-corrected chi connectivity index (χ4v) is 11.1. The number of aliphatic hydroxyl groups is 7. The van der Waals surface area contributed by atoms with Gasteiger partial charge >= 0.3 is 0 Å². The summed E-state index contributed by atoms with van der Waals surface area (Å²) in [6.07, 6.45) is -40.2. The fourth-order valence-electron chi connectivity index (χ4n) is 11.1. The van der Waals surface area contributed by atoms with E-state index < -0.39 is 215 Å². The first-order chi connectivity index (χ1) is 36.7. The number of rotatable bonds is 7. The predicted octanol–water partition coefficient (Wildman–Crippen LogP) is -9.80. The van der Waals surface area contributed by atoms with Gasteiger partial charge in [0.05, 0.1) is 42.3 Å². The molecular formula is C42H98Cl14N14O21. The zero-order chi connectivity index (χ0) is 56.1. The quantitative estimate of drug-likeness (QED) is 0.113. The number of ether oxygens (including phenoxy) is 14. The maximum atomic E-state index is 11.6. The van der Waals surface area contributed by atoms with E-state index in [1.165, 1.54) is 0 Å². The van der Waals surface area contributed by atoms with Gasteiger partial charge in [-0.15, -0.1) is 174 Å². The third-order valence-electron chi connectivity index (χ3n) is 15.8. The molecule has 21 aliphatic rings. The molecule has 0 unspecified atom stereocenters. The van der Waals surface area contributed by atoms with E-state index in [2.05, 4.69) is 0 Å². The van der Waals surface area contributed by atoms with E-state index in [-0.39, 0.29) is 220 Å². The summed E-state index contributed by atoms with van der Waals surface area (Å²) in [5.41, 5.74) is 89.1. The van der Waals surface area contributed by atoms with Gasteiger partial charge in [-0.25, -0.2) is 0 Å². The van der Waals surface area contributed by atoms with Gasteiger partial charge in [0.2, 0.25) is 0 Å². The van der Waals surface area contributed by atoms with Crippen molar-refractivity contribution in [2.45, 2.75) is 215 Å². The summed E-state index contributed by atoms with van der Waals surface area (Å²) >= 11 is 0. The Morgan fingerprint density at radius 1 is 0.176 bits per heavy atom. The van der Waals surface area contributed by atoms with Crippen LogP contribution in [0.5, 0.6) is 0 Å². The molecule has 0 saturated carbocycles. The van der Waals surface area contributed by atoms with Crippen molar-refractivity contribution in [1.82, 2.24) is 0 Å². The summed E-state index contributed by atoms with van der Waals surface area (Å²) in [7, 11) is 0. The van der Waals surface area contributed by atoms with Crippen molar-refractivity contribution in [2.24, 2.45) is 80.3 Å². The van der Waals surface area contributed by atoms with Crippen LogP contribution in [0.2, 0.25) is 0 Å². The van der Waals surface area contributed by atoms with Crippen molar-refractivity contribution in [2.75, 3.05) is 45.8 Å². The van der Waals surface area contributed by atoms with Crippen LogP contribution >= 0.6 is 174 Å². The summed E-state index contributed by atoms with van der Waals surface area (Å²) in [6.45, 7) is -2.01. The second kappa shape index (κ2) is 47.0. The molecule has 35 nitrogen and oxygen atoms in total. The minimum Gasteiger partial charge on any atom is -0.386 e. The Balaban J connectivity index is -0.00000101. The van der Waals surface area contributed by atoms with Crippen LogP contribution in [0.3, 0.4) is 0 Å². The van der Waals surface area contributed by atoms with Gasteiger partial charge in [-0.2, -0.15) is 0 Å². The highest BCUT2D eigenvalue weighted by atomic mass is 35.5. The summed E-state index contributed by atoms with van der Waals surface area (Å²) in [5.74, 6) is 0. The van der Waals surface area contributed by atoms with E-state index in [4.69, 9.17) is 147 Å². The van der Waals surface area contributed by atoms with Crippen LogP contribution in [0.15, 0.2) is 0 Å². The molecule has 21 rings (SSSR count). The molecule has 14 bridgehead atoms. The molecule has 0 aliphatic carbocycles. The molecule has 21 heterocycles. The third kappa shape index (κ3) is 22.3. The SMILES string of the molecule is Cl.Cl.Cl.Cl.Cl.Cl.Cl.Cl.Cl.Cl.Cl.Cl.Cl.Cl.NC[C@@H]1O[C@@H]2O[C@H]3[C@@H](N)[C@H](O)[C@@H](O[C@H]4[C@H](N)[C@@H](O)[C@@H](O[C@H]5[C@H](N)[C@@H](O)[C@@H](O[C@H]6[C@H](N)[C@@H](O)[C@@H](O[C@H]7[C@@H](N)[C@H](O)[C@@H](O[C@H]8[C@@H](N)[C@H](O)[C@@H](O[C@H]1[C@@H](N)[C@@H]2O)O[C@H]8CN)O[C@@H]7CN)O[C@@H]6CN)O[C@@H]5CN)O[C@@H]4CN)O[C@H]3CN. The van der Waals surface area contributed by atoms with Gasteiger partial charge < -0.3 is 182 Å². The summed E-state index contributed by atoms with van der Waals surface area (Å²) in [4.78, 5) is 0. The Hall–Kier alpha value is 2.66. The second-order valence-electron chi connectivity index (χ2n) is 20.6. The van der Waals surface area contributed by atoms with Crippen LogP contribution in [0.1, 0.15) is 0 Å². The molecule has 0 aromatic rings. The molecule has 0 aromatic carbocycles. The molecular weight excluding hydrogens is 1530 g/mol. The molecule has 35 N–H and O–H groups in total. The predicted molar refractivity (Wildman–Crippen MR) is 357 cm³/mol. The van der Waals surface area contributed by atoms with Crippen molar-refractivity contribution in [3.63, 3.8) is 0 Å². The summed E-state index contributed by atoms with van der Waals surface area (Å²) < 4.78 is 85.8. The smallest absolute Gasteiger partial charge is 0.186 e. The maximum Gasteiger partial charge on any atom is 0.186 e. The second-order valence-corrected chi connectivity index (χ2v) is 20.6. The van der Waals surface area contributed by atoms with Gasteiger partial charge in [0, 0.05) is 45.8 Å². The fraction of sp³-hybridized carbons (Fsp3) is 1.00. The van der Waals surface area contributed by atoms with Gasteiger partial charge in [-0.3, -0.25) is 0 Å². The zero-order valence-corrected chi connectivity index (χ0v) is 59.2. The molecule has 0 aromatic heterocycles. The van der Waals surface area contributed by atoms with Crippen LogP contribution in [0, 0.1) is 0 Å². The number of halogens is 14. The van der Waals surface area contributed by atoms with Crippen molar-refractivity contribution < 1.29 is 102 Å². The summed E-state index contributed by atoms with van der Waals surface area (Å²) in [6, 6.07) is -9.55. The minimum absolute atomic E-state index is 0. The maximum absolute atomic E-state index is 11.6. The average Bonchev–Trinajstić information content (AvgIpc) is 3.09. The molecule has 91 heavy (non-hydrogen) atoms. The van der Waals surface area contributed by atoms with E-state index in [0.29, 0.717) is 0 Å². The van der Waals surface area contributed by atoms with E-state index in [1.54, 1.807) is 0 Å². The van der Waals surface area contributed by atoms with Crippen LogP contribution in [-0.4, -0.2) is 296 Å². The van der Waals surface area contributed by atoms with Crippen molar-refractivity contribution in [1.29, 1.82) is 0 Å². The lowest BCUT2D eigenvalue weighted by Gasteiger charge is -2.51. The van der Waals surface area contributed by atoms with E-state index in [0.717, 1.165) is 0 Å². The first-order valence-corrected chi connectivity index (χ1v) is 25.8. The average molecular weight is 1630 g/mol. The summed E-state index contributed by atoms with van der Waals surface area (Å²) in [5, 5.41) is 81.1. The topological polar surface area (TPSA) is 635 Å². The van der Waals surface area contributed by atoms with Gasteiger partial charge in [-0.1, -0.05) is 0 Å². The Kier molecular flexibility index (Phi) is 55.3. The minimum atomic E-state index is -1.70. The van der Waals surface area contributed by atoms with E-state index in [1.807, 2.05) is 0 Å². The van der Waals surface area contributed by atoms with Crippen LogP contribution in [0.4, 0.5) is 0 Å². The molecule has 0 radical (unpaired) electrons. The van der Waals surface area contributed by atoms with Crippen LogP contribution in [0.25, 0.3) is 0 Å². The molecule has 49 heteroatoms. The van der Waals surface area contributed by atoms with E-state index in [9.17, 15) is 35.7 Å². The zero-order valence-electron chi connectivity index (χ0n) is 47.8. The van der Waals surface area contributed by atoms with Gasteiger partial charge in [0.25, 0.3) is 0 Å². The number of aliphatic hydroxyl groups excluding tert-OH is 7. The van der Waals surface area contributed by atoms with Crippen molar-refractivity contribution >= 4 is 174 Å². The first kappa shape index (κ1) is 107. The first-order valence-electron chi connectivity index (χ1n) is 25.8. The highest BCUT2D eigenvalue weighted by molar-refractivity contribution is 5.87. The standard InChI is InChI=1S/C42H84N14O21.14ClH/c43-1-8-29-15(50)22(57)36(64-8)72-30-9(2-44)66-38(24(59)17(30)52)74-32-11(4-46)68-40(26(61)19(32)54)76-34-13(6-48)70-42(28(63)21(34)56)77-35-14(7-49)69-41(27(62)20(35)55)75-33-12(5-47)67-39(25(60)18(33)53)73-31-10(3-45)65-37(71-29)23(58)16(31)51;;;;;;;;;;;;;;/h8-42,57-63H,1-7,43-56H2;14*1H/t8-,9-,10-,11-,12+,13+,14+,15-,16-,17-,18+,19+,20+,21+,22-,23-,24-,25+,26+,27+,28+,29-,30-,31-,32-,33-,34-,35-,36-,37-,38-,39-,40-,41-,42-;;;;;;;;;;;;;;/m1............../s1. The van der Waals surface area contributed by atoms with Gasteiger partial charge in [0.15, 0.2) is 44.0 Å². The number of hydrogen-bond acceptors (Lipinski definition) is 35. The molecule has 35 atom stereocenters. The van der Waals surface area contributed by atoms with Crippen LogP contribution in [-0.2, 0) is 66.3 Å². The monoisotopic (exact) mass is 1620 g/mol.